The molecule has 0 aliphatic carbocycles. The van der Waals surface area contributed by atoms with Gasteiger partial charge in [0.25, 0.3) is 0 Å². The molecule has 88 valence electrons. The predicted molar refractivity (Wildman–Crippen MR) is 74.8 cm³/mol. The van der Waals surface area contributed by atoms with Crippen LogP contribution in [0.5, 0.6) is 0 Å². The van der Waals surface area contributed by atoms with Gasteiger partial charge in [0.05, 0.1) is 5.54 Å². The number of para-hydroxylation sites is 1. The normalized spacial score (nSPS) is 16.8. The first-order chi connectivity index (χ1) is 7.53. The van der Waals surface area contributed by atoms with Crippen molar-refractivity contribution in [2.24, 2.45) is 0 Å². The van der Waals surface area contributed by atoms with Gasteiger partial charge in [-0.15, -0.1) is 0 Å². The molecule has 0 saturated carbocycles. The number of thiocarbonyl (C=S) groups is 1. The van der Waals surface area contributed by atoms with Crippen molar-refractivity contribution < 1.29 is 0 Å². The van der Waals surface area contributed by atoms with Gasteiger partial charge in [-0.05, 0) is 32.1 Å². The maximum Gasteiger partial charge on any atom is 0.173 e. The molecule has 0 bridgehead atoms. The molecule has 0 atom stereocenters. The number of anilines is 1. The number of benzene rings is 1. The molecule has 1 aliphatic rings. The van der Waals surface area contributed by atoms with Crippen molar-refractivity contribution in [1.82, 2.24) is 4.90 Å². The highest BCUT2D eigenvalue weighted by Gasteiger charge is 2.33. The van der Waals surface area contributed by atoms with Crippen LogP contribution in [0.2, 0.25) is 0 Å². The highest BCUT2D eigenvalue weighted by atomic mass is 32.1. The lowest BCUT2D eigenvalue weighted by molar-refractivity contribution is 0.258. The second-order valence-corrected chi connectivity index (χ2v) is 4.48. The largest absolute Gasteiger partial charge is 0.343 e. The quantitative estimate of drug-likeness (QED) is 0.693. The van der Waals surface area contributed by atoms with E-state index in [0.29, 0.717) is 0 Å². The molecule has 0 amide bonds. The van der Waals surface area contributed by atoms with Crippen LogP contribution in [0.4, 0.5) is 5.69 Å². The van der Waals surface area contributed by atoms with Gasteiger partial charge in [-0.3, -0.25) is 0 Å². The summed E-state index contributed by atoms with van der Waals surface area (Å²) in [5, 5.41) is 4.01. The van der Waals surface area contributed by atoms with Crippen molar-refractivity contribution in [2.45, 2.75) is 33.2 Å². The first-order valence-corrected chi connectivity index (χ1v) is 6.08. The Balaban J connectivity index is 0.000000606. The summed E-state index contributed by atoms with van der Waals surface area (Å²) in [5.74, 6) is 0. The molecule has 16 heavy (non-hydrogen) atoms. The number of fused-ring (bicyclic) bond motifs is 1. The molecular formula is C13H20N2S. The van der Waals surface area contributed by atoms with Crippen LogP contribution in [0.15, 0.2) is 24.3 Å². The van der Waals surface area contributed by atoms with Gasteiger partial charge in [-0.2, -0.15) is 0 Å². The van der Waals surface area contributed by atoms with E-state index in [2.05, 4.69) is 42.3 Å². The van der Waals surface area contributed by atoms with Crippen LogP contribution in [0.25, 0.3) is 0 Å². The molecule has 0 saturated heterocycles. The number of hydrogen-bond acceptors (Lipinski definition) is 1. The van der Waals surface area contributed by atoms with Gasteiger partial charge in [0.2, 0.25) is 0 Å². The van der Waals surface area contributed by atoms with Crippen LogP contribution in [0.1, 0.15) is 33.3 Å². The monoisotopic (exact) mass is 236 g/mol. The summed E-state index contributed by atoms with van der Waals surface area (Å²) >= 11 is 5.27. The molecule has 1 aromatic rings. The van der Waals surface area contributed by atoms with Crippen molar-refractivity contribution in [3.8, 4) is 0 Å². The fraction of sp³-hybridized carbons (Fsp3) is 0.462. The maximum absolute atomic E-state index is 5.27. The summed E-state index contributed by atoms with van der Waals surface area (Å²) in [6, 6.07) is 8.29. The lowest BCUT2D eigenvalue weighted by Gasteiger charge is -2.43. The minimum atomic E-state index is -0.0288. The molecule has 0 radical (unpaired) electrons. The fourth-order valence-corrected chi connectivity index (χ4v) is 2.10. The summed E-state index contributed by atoms with van der Waals surface area (Å²) in [5.41, 5.74) is 2.38. The van der Waals surface area contributed by atoms with Crippen molar-refractivity contribution in [2.75, 3.05) is 12.4 Å². The van der Waals surface area contributed by atoms with Gasteiger partial charge in [0, 0.05) is 18.3 Å². The van der Waals surface area contributed by atoms with E-state index in [9.17, 15) is 0 Å². The van der Waals surface area contributed by atoms with E-state index in [-0.39, 0.29) is 5.54 Å². The highest BCUT2D eigenvalue weighted by molar-refractivity contribution is 7.80. The van der Waals surface area contributed by atoms with E-state index >= 15 is 0 Å². The smallest absolute Gasteiger partial charge is 0.173 e. The van der Waals surface area contributed by atoms with E-state index < -0.39 is 0 Å². The number of hydrogen-bond donors (Lipinski definition) is 1. The van der Waals surface area contributed by atoms with E-state index in [4.69, 9.17) is 12.2 Å². The van der Waals surface area contributed by atoms with E-state index in [1.54, 1.807) is 0 Å². The van der Waals surface area contributed by atoms with Crippen molar-refractivity contribution in [3.05, 3.63) is 29.8 Å². The third-order valence-electron chi connectivity index (χ3n) is 2.97. The molecule has 0 aromatic heterocycles. The molecule has 0 unspecified atom stereocenters. The lowest BCUT2D eigenvalue weighted by Crippen LogP contribution is -2.48. The zero-order chi connectivity index (χ0) is 12.3. The highest BCUT2D eigenvalue weighted by Crippen LogP contribution is 2.36. The van der Waals surface area contributed by atoms with Crippen LogP contribution >= 0.6 is 12.2 Å². The average Bonchev–Trinajstić information content (AvgIpc) is 2.29. The first kappa shape index (κ1) is 13.0. The summed E-state index contributed by atoms with van der Waals surface area (Å²) < 4.78 is 0. The molecule has 1 heterocycles. The number of nitrogens with zero attached hydrogens (tertiary/aromatic N) is 1. The van der Waals surface area contributed by atoms with E-state index in [1.807, 2.05) is 27.0 Å². The zero-order valence-electron chi connectivity index (χ0n) is 10.7. The molecule has 0 fully saturated rings. The Hall–Kier alpha value is -1.09. The van der Waals surface area contributed by atoms with Crippen molar-refractivity contribution in [1.29, 1.82) is 0 Å². The fourth-order valence-electron chi connectivity index (χ4n) is 1.76. The van der Waals surface area contributed by atoms with Crippen LogP contribution < -0.4 is 5.32 Å². The van der Waals surface area contributed by atoms with Gasteiger partial charge < -0.3 is 10.2 Å². The molecule has 2 nitrogen and oxygen atoms in total. The molecule has 2 rings (SSSR count). The molecule has 1 aliphatic heterocycles. The minimum absolute atomic E-state index is 0.0288. The molecule has 3 heteroatoms. The number of rotatable bonds is 0. The van der Waals surface area contributed by atoms with E-state index in [0.717, 1.165) is 10.8 Å². The minimum Gasteiger partial charge on any atom is -0.343 e. The van der Waals surface area contributed by atoms with Crippen LogP contribution in [0, 0.1) is 0 Å². The Kier molecular flexibility index (Phi) is 3.92. The van der Waals surface area contributed by atoms with Crippen LogP contribution in [-0.4, -0.2) is 17.1 Å². The van der Waals surface area contributed by atoms with Crippen molar-refractivity contribution in [3.63, 3.8) is 0 Å². The maximum atomic E-state index is 5.27. The summed E-state index contributed by atoms with van der Waals surface area (Å²) in [7, 11) is 2.02. The summed E-state index contributed by atoms with van der Waals surface area (Å²) in [6.07, 6.45) is 0. The Labute approximate surface area is 104 Å². The Morgan fingerprint density at radius 2 is 1.75 bits per heavy atom. The Morgan fingerprint density at radius 1 is 1.19 bits per heavy atom. The molecule has 1 N–H and O–H groups in total. The van der Waals surface area contributed by atoms with Gasteiger partial charge >= 0.3 is 0 Å². The third kappa shape index (κ3) is 2.05. The molecular weight excluding hydrogens is 216 g/mol. The van der Waals surface area contributed by atoms with Crippen LogP contribution in [-0.2, 0) is 5.54 Å². The Morgan fingerprint density at radius 3 is 2.38 bits per heavy atom. The second kappa shape index (κ2) is 4.83. The topological polar surface area (TPSA) is 15.3 Å². The summed E-state index contributed by atoms with van der Waals surface area (Å²) in [4.78, 5) is 2.09. The standard InChI is InChI=1S/C11H14N2S.C2H6/c1-11(2)8-6-4-5-7-9(8)12-10(14)13(11)3;1-2/h4-7H,1-3H3,(H,12,14);1-2H3. The average molecular weight is 236 g/mol. The van der Waals surface area contributed by atoms with Gasteiger partial charge in [-0.25, -0.2) is 0 Å². The van der Waals surface area contributed by atoms with Gasteiger partial charge in [0.1, 0.15) is 0 Å². The van der Waals surface area contributed by atoms with Crippen molar-refractivity contribution >= 4 is 23.0 Å². The first-order valence-electron chi connectivity index (χ1n) is 5.68. The Bertz CT molecular complexity index is 385. The van der Waals surface area contributed by atoms with Gasteiger partial charge in [-0.1, -0.05) is 32.0 Å². The molecule has 1 aromatic carbocycles. The van der Waals surface area contributed by atoms with E-state index in [1.165, 1.54) is 5.56 Å². The van der Waals surface area contributed by atoms with Crippen LogP contribution in [0.3, 0.4) is 0 Å². The number of nitrogens with one attached hydrogen (secondary N) is 1. The predicted octanol–water partition coefficient (Wildman–Crippen LogP) is 3.59. The third-order valence-corrected chi connectivity index (χ3v) is 3.35. The van der Waals surface area contributed by atoms with Gasteiger partial charge in [0.15, 0.2) is 5.11 Å². The molecule has 0 spiro atoms. The summed E-state index contributed by atoms with van der Waals surface area (Å²) in [6.45, 7) is 8.36. The SMILES string of the molecule is CC.CN1C(=S)Nc2ccccc2C1(C)C. The lowest BCUT2D eigenvalue weighted by atomic mass is 9.90. The zero-order valence-corrected chi connectivity index (χ0v) is 11.5. The second-order valence-electron chi connectivity index (χ2n) is 4.09.